The van der Waals surface area contributed by atoms with E-state index in [0.29, 0.717) is 18.7 Å². The van der Waals surface area contributed by atoms with Crippen molar-refractivity contribution in [3.8, 4) is 0 Å². The smallest absolute Gasteiger partial charge is 0.407 e. The predicted octanol–water partition coefficient (Wildman–Crippen LogP) is 2.08. The molecule has 1 atom stereocenters. The normalized spacial score (nSPS) is 18.7. The van der Waals surface area contributed by atoms with Gasteiger partial charge in [-0.15, -0.1) is 0 Å². The molecule has 2 N–H and O–H groups in total. The number of carbonyl (C=O) groups is 2. The molecule has 18 heavy (non-hydrogen) atoms. The molecule has 1 aliphatic rings. The third-order valence-corrected chi connectivity index (χ3v) is 3.12. The molecule has 96 valence electrons. The van der Waals surface area contributed by atoms with E-state index in [9.17, 15) is 9.59 Å². The second kappa shape index (κ2) is 5.08. The van der Waals surface area contributed by atoms with Gasteiger partial charge in [-0.25, -0.2) is 4.79 Å². The highest BCUT2D eigenvalue weighted by Gasteiger charge is 2.33. The fraction of sp³-hybridized carbons (Fsp3) is 0.385. The summed E-state index contributed by atoms with van der Waals surface area (Å²) in [6.07, 6.45) is 0.291. The number of nitrogens with zero attached hydrogens (tertiary/aromatic N) is 1. The summed E-state index contributed by atoms with van der Waals surface area (Å²) in [5.74, 6) is -0.251. The topological polar surface area (TPSA) is 69.6 Å². The summed E-state index contributed by atoms with van der Waals surface area (Å²) in [6, 6.07) is 6.86. The molecule has 1 fully saturated rings. The van der Waals surface area contributed by atoms with Crippen LogP contribution in [0.25, 0.3) is 0 Å². The Balaban J connectivity index is 2.03. The fourth-order valence-electron chi connectivity index (χ4n) is 2.13. The highest BCUT2D eigenvalue weighted by Crippen LogP contribution is 2.19. The second-order valence-electron chi connectivity index (χ2n) is 4.49. The van der Waals surface area contributed by atoms with Gasteiger partial charge in [0.05, 0.1) is 0 Å². The summed E-state index contributed by atoms with van der Waals surface area (Å²) >= 11 is 0. The lowest BCUT2D eigenvalue weighted by Crippen LogP contribution is -2.42. The molecule has 1 heterocycles. The van der Waals surface area contributed by atoms with Crippen molar-refractivity contribution < 1.29 is 14.7 Å². The first kappa shape index (κ1) is 12.4. The molecule has 5 heteroatoms. The second-order valence-corrected chi connectivity index (χ2v) is 4.49. The Morgan fingerprint density at radius 1 is 1.33 bits per heavy atom. The third-order valence-electron chi connectivity index (χ3n) is 3.12. The summed E-state index contributed by atoms with van der Waals surface area (Å²) in [4.78, 5) is 24.2. The van der Waals surface area contributed by atoms with Crippen LogP contribution in [0.3, 0.4) is 0 Å². The van der Waals surface area contributed by atoms with Crippen molar-refractivity contribution in [1.82, 2.24) is 4.90 Å². The summed E-state index contributed by atoms with van der Waals surface area (Å²) < 4.78 is 0. The van der Waals surface area contributed by atoms with Crippen LogP contribution in [0.5, 0.6) is 0 Å². The quantitative estimate of drug-likeness (QED) is 0.841. The van der Waals surface area contributed by atoms with Crippen LogP contribution in [0.2, 0.25) is 0 Å². The number of aryl methyl sites for hydroxylation is 1. The van der Waals surface area contributed by atoms with Crippen molar-refractivity contribution in [3.05, 3.63) is 29.8 Å². The van der Waals surface area contributed by atoms with Crippen molar-refractivity contribution in [2.45, 2.75) is 25.8 Å². The van der Waals surface area contributed by atoms with Gasteiger partial charge in [0.25, 0.3) is 0 Å². The predicted molar refractivity (Wildman–Crippen MR) is 67.6 cm³/mol. The minimum Gasteiger partial charge on any atom is -0.465 e. The Morgan fingerprint density at radius 3 is 2.61 bits per heavy atom. The Morgan fingerprint density at radius 2 is 2.00 bits per heavy atom. The van der Waals surface area contributed by atoms with Crippen LogP contribution < -0.4 is 5.32 Å². The van der Waals surface area contributed by atoms with E-state index in [1.54, 1.807) is 0 Å². The van der Waals surface area contributed by atoms with Crippen LogP contribution in [0.15, 0.2) is 24.3 Å². The average Bonchev–Trinajstić information content (AvgIpc) is 2.81. The van der Waals surface area contributed by atoms with E-state index in [-0.39, 0.29) is 5.91 Å². The molecule has 0 aliphatic carbocycles. The Hall–Kier alpha value is -2.04. The summed E-state index contributed by atoms with van der Waals surface area (Å²) in [6.45, 7) is 2.40. The van der Waals surface area contributed by atoms with Crippen molar-refractivity contribution >= 4 is 17.7 Å². The van der Waals surface area contributed by atoms with Gasteiger partial charge in [-0.3, -0.25) is 9.69 Å². The summed E-state index contributed by atoms with van der Waals surface area (Å²) in [7, 11) is 0. The summed E-state index contributed by atoms with van der Waals surface area (Å²) in [5.41, 5.74) is 1.81. The standard InChI is InChI=1S/C13H16N2O3/c1-9-4-6-10(7-5-9)14-12(16)11-3-2-8-15(11)13(17)18/h4-7,11H,2-3,8H2,1H3,(H,14,16)(H,17,18)/t11-/m1/s1. The number of carboxylic acid groups (broad SMARTS) is 1. The van der Waals surface area contributed by atoms with Crippen LogP contribution in [-0.4, -0.2) is 34.6 Å². The Kier molecular flexibility index (Phi) is 3.50. The van der Waals surface area contributed by atoms with Gasteiger partial charge >= 0.3 is 6.09 Å². The SMILES string of the molecule is Cc1ccc(NC(=O)[C@H]2CCCN2C(=O)O)cc1. The Labute approximate surface area is 105 Å². The highest BCUT2D eigenvalue weighted by molar-refractivity contribution is 5.96. The van der Waals surface area contributed by atoms with Gasteiger partial charge in [0.2, 0.25) is 5.91 Å². The van der Waals surface area contributed by atoms with Gasteiger partial charge in [-0.2, -0.15) is 0 Å². The molecular formula is C13H16N2O3. The van der Waals surface area contributed by atoms with Gasteiger partial charge in [-0.1, -0.05) is 17.7 Å². The van der Waals surface area contributed by atoms with Gasteiger partial charge in [0.15, 0.2) is 0 Å². The van der Waals surface area contributed by atoms with Gasteiger partial charge < -0.3 is 10.4 Å². The van der Waals surface area contributed by atoms with E-state index in [0.717, 1.165) is 12.0 Å². The van der Waals surface area contributed by atoms with E-state index >= 15 is 0 Å². The zero-order chi connectivity index (χ0) is 13.1. The molecule has 1 aromatic carbocycles. The molecule has 0 radical (unpaired) electrons. The van der Waals surface area contributed by atoms with Crippen molar-refractivity contribution in [2.24, 2.45) is 0 Å². The third kappa shape index (κ3) is 2.61. The molecule has 2 amide bonds. The van der Waals surface area contributed by atoms with Crippen LogP contribution in [0, 0.1) is 6.92 Å². The molecule has 0 spiro atoms. The molecule has 2 rings (SSSR count). The lowest BCUT2D eigenvalue weighted by molar-refractivity contribution is -0.119. The van der Waals surface area contributed by atoms with E-state index in [2.05, 4.69) is 5.32 Å². The first-order valence-electron chi connectivity index (χ1n) is 5.95. The van der Waals surface area contributed by atoms with E-state index < -0.39 is 12.1 Å². The molecule has 0 unspecified atom stereocenters. The first-order valence-corrected chi connectivity index (χ1v) is 5.95. The molecule has 0 aromatic heterocycles. The van der Waals surface area contributed by atoms with Crippen LogP contribution in [-0.2, 0) is 4.79 Å². The van der Waals surface area contributed by atoms with Crippen LogP contribution in [0.1, 0.15) is 18.4 Å². The average molecular weight is 248 g/mol. The van der Waals surface area contributed by atoms with Crippen molar-refractivity contribution in [1.29, 1.82) is 0 Å². The number of carbonyl (C=O) groups excluding carboxylic acids is 1. The molecule has 0 saturated carbocycles. The molecule has 0 bridgehead atoms. The van der Waals surface area contributed by atoms with Crippen molar-refractivity contribution in [2.75, 3.05) is 11.9 Å². The number of rotatable bonds is 2. The lowest BCUT2D eigenvalue weighted by atomic mass is 10.2. The number of nitrogens with one attached hydrogen (secondary N) is 1. The number of likely N-dealkylation sites (tertiary alicyclic amines) is 1. The molecule has 5 nitrogen and oxygen atoms in total. The number of hydrogen-bond acceptors (Lipinski definition) is 2. The maximum Gasteiger partial charge on any atom is 0.407 e. The fourth-order valence-corrected chi connectivity index (χ4v) is 2.13. The maximum atomic E-state index is 12.0. The number of hydrogen-bond donors (Lipinski definition) is 2. The van der Waals surface area contributed by atoms with Crippen molar-refractivity contribution in [3.63, 3.8) is 0 Å². The minimum absolute atomic E-state index is 0.251. The number of amides is 2. The van der Waals surface area contributed by atoms with Crippen LogP contribution >= 0.6 is 0 Å². The molecule has 1 saturated heterocycles. The lowest BCUT2D eigenvalue weighted by Gasteiger charge is -2.20. The van der Waals surface area contributed by atoms with E-state index in [4.69, 9.17) is 5.11 Å². The number of benzene rings is 1. The maximum absolute atomic E-state index is 12.0. The van der Waals surface area contributed by atoms with E-state index in [1.807, 2.05) is 31.2 Å². The molecule has 1 aromatic rings. The van der Waals surface area contributed by atoms with Gasteiger partial charge in [0, 0.05) is 12.2 Å². The van der Waals surface area contributed by atoms with Gasteiger partial charge in [-0.05, 0) is 31.9 Å². The zero-order valence-electron chi connectivity index (χ0n) is 10.2. The highest BCUT2D eigenvalue weighted by atomic mass is 16.4. The van der Waals surface area contributed by atoms with Crippen LogP contribution in [0.4, 0.5) is 10.5 Å². The first-order chi connectivity index (χ1) is 8.58. The number of anilines is 1. The molecular weight excluding hydrogens is 232 g/mol. The Bertz CT molecular complexity index is 456. The van der Waals surface area contributed by atoms with Gasteiger partial charge in [0.1, 0.15) is 6.04 Å². The van der Waals surface area contributed by atoms with E-state index in [1.165, 1.54) is 4.90 Å². The zero-order valence-corrected chi connectivity index (χ0v) is 10.2. The molecule has 1 aliphatic heterocycles. The monoisotopic (exact) mass is 248 g/mol. The minimum atomic E-state index is -1.03. The largest absolute Gasteiger partial charge is 0.465 e. The summed E-state index contributed by atoms with van der Waals surface area (Å²) in [5, 5.41) is 11.7.